The maximum absolute atomic E-state index is 12.8. The van der Waals surface area contributed by atoms with Gasteiger partial charge in [0.2, 0.25) is 11.8 Å². The van der Waals surface area contributed by atoms with Crippen LogP contribution in [0.2, 0.25) is 0 Å². The maximum Gasteiger partial charge on any atom is 0.408 e. The first kappa shape index (κ1) is 33.2. The predicted molar refractivity (Wildman–Crippen MR) is 161 cm³/mol. The van der Waals surface area contributed by atoms with Crippen molar-refractivity contribution in [1.82, 2.24) is 15.6 Å². The fraction of sp³-hybridized carbons (Fsp3) is 0.467. The second-order valence-corrected chi connectivity index (χ2v) is 12.1. The van der Waals surface area contributed by atoms with Crippen LogP contribution in [0.3, 0.4) is 0 Å². The number of ether oxygens (including phenoxy) is 1. The molecule has 1 unspecified atom stereocenters. The Hall–Kier alpha value is -4.33. The highest BCUT2D eigenvalue weighted by Gasteiger charge is 2.31. The number of rotatable bonds is 10. The van der Waals surface area contributed by atoms with Gasteiger partial charge < -0.3 is 31.1 Å². The number of carbonyl (C=O) groups excluding carboxylic acids is 3. The van der Waals surface area contributed by atoms with Crippen LogP contribution in [-0.2, 0) is 20.7 Å². The summed E-state index contributed by atoms with van der Waals surface area (Å²) in [5, 5.41) is 34.6. The molecule has 1 saturated heterocycles. The first-order valence-corrected chi connectivity index (χ1v) is 14.8. The molecule has 2 heterocycles. The van der Waals surface area contributed by atoms with E-state index < -0.39 is 41.4 Å². The number of alkyl carbamates (subject to hydrolysis) is 1. The first-order chi connectivity index (χ1) is 20.4. The third-order valence-corrected chi connectivity index (χ3v) is 8.01. The lowest BCUT2D eigenvalue weighted by atomic mass is 9.99. The maximum atomic E-state index is 12.8. The second kappa shape index (κ2) is 14.7. The third-order valence-electron chi connectivity index (χ3n) is 6.75. The third kappa shape index (κ3) is 8.60. The summed E-state index contributed by atoms with van der Waals surface area (Å²) in [5.41, 5.74) is 6.74. The van der Waals surface area contributed by atoms with E-state index in [9.17, 15) is 30.0 Å². The molecule has 0 spiro atoms. The van der Waals surface area contributed by atoms with Crippen LogP contribution in [0.1, 0.15) is 68.0 Å². The van der Waals surface area contributed by atoms with Gasteiger partial charge in [-0.25, -0.2) is 9.78 Å². The van der Waals surface area contributed by atoms with E-state index in [1.807, 2.05) is 17.9 Å². The zero-order valence-corrected chi connectivity index (χ0v) is 25.5. The number of nitrogens with one attached hydrogen (secondary N) is 2. The van der Waals surface area contributed by atoms with Crippen molar-refractivity contribution < 1.29 is 24.2 Å². The van der Waals surface area contributed by atoms with Crippen LogP contribution in [0.5, 0.6) is 0 Å². The number of pyridine rings is 1. The Morgan fingerprint density at radius 3 is 2.30 bits per heavy atom. The SMILES string of the molecule is CCc1c(C#N)c(SC(C(N)=O)c2ccccc2)nc(N2CCC(NC(=O)[C@H](CO)NC(=O)OC(C)(C)C)CC2)c1C#N. The average Bonchev–Trinajstić information content (AvgIpc) is 2.97. The number of piperidine rings is 1. The number of nitrogens with zero attached hydrogens (tertiary/aromatic N) is 4. The molecular weight excluding hydrogens is 570 g/mol. The molecule has 0 bridgehead atoms. The Kier molecular flexibility index (Phi) is 11.4. The van der Waals surface area contributed by atoms with Gasteiger partial charge in [0.05, 0.1) is 17.7 Å². The van der Waals surface area contributed by atoms with Crippen molar-refractivity contribution in [2.75, 3.05) is 24.6 Å². The fourth-order valence-electron chi connectivity index (χ4n) is 4.71. The van der Waals surface area contributed by atoms with Crippen molar-refractivity contribution >= 4 is 35.5 Å². The molecule has 1 aromatic carbocycles. The normalized spacial score (nSPS) is 15.0. The van der Waals surface area contributed by atoms with Crippen molar-refractivity contribution in [2.24, 2.45) is 5.73 Å². The van der Waals surface area contributed by atoms with E-state index in [1.54, 1.807) is 45.0 Å². The summed E-state index contributed by atoms with van der Waals surface area (Å²) in [7, 11) is 0. The summed E-state index contributed by atoms with van der Waals surface area (Å²) >= 11 is 1.08. The molecular formula is C30H37N7O5S. The standard InChI is InChI=1S/C30H37N7O5S/c1-5-20-21(15-31)26(36-28(22(20)16-32)43-24(25(33)39)18-9-7-6-8-10-18)37-13-11-19(12-14-37)34-27(40)23(17-38)35-29(41)42-30(2,3)4/h6-10,19,23-24,38H,5,11-14,17H2,1-4H3,(H2,33,39)(H,34,40)(H,35,41)/t23-,24?/m0/s1. The lowest BCUT2D eigenvalue weighted by Gasteiger charge is -2.35. The number of primary amides is 1. The van der Waals surface area contributed by atoms with Gasteiger partial charge in [0, 0.05) is 19.1 Å². The Morgan fingerprint density at radius 1 is 1.16 bits per heavy atom. The van der Waals surface area contributed by atoms with Crippen LogP contribution < -0.4 is 21.3 Å². The number of carbonyl (C=O) groups is 3. The van der Waals surface area contributed by atoms with Crippen molar-refractivity contribution in [3.05, 3.63) is 52.6 Å². The number of benzene rings is 1. The van der Waals surface area contributed by atoms with E-state index in [0.29, 0.717) is 59.9 Å². The molecule has 0 radical (unpaired) electrons. The number of hydrogen-bond donors (Lipinski definition) is 4. The predicted octanol–water partition coefficient (Wildman–Crippen LogP) is 2.68. The summed E-state index contributed by atoms with van der Waals surface area (Å²) in [6, 6.07) is 11.9. The van der Waals surface area contributed by atoms with Gasteiger partial charge >= 0.3 is 6.09 Å². The molecule has 13 heteroatoms. The number of anilines is 1. The zero-order chi connectivity index (χ0) is 31.7. The van der Waals surface area contributed by atoms with Gasteiger partial charge in [-0.2, -0.15) is 10.5 Å². The molecule has 5 N–H and O–H groups in total. The smallest absolute Gasteiger partial charge is 0.408 e. The molecule has 1 aliphatic rings. The summed E-state index contributed by atoms with van der Waals surface area (Å²) < 4.78 is 5.17. The summed E-state index contributed by atoms with van der Waals surface area (Å²) in [5.74, 6) is -0.710. The topological polar surface area (TPSA) is 194 Å². The van der Waals surface area contributed by atoms with Crippen molar-refractivity contribution in [3.8, 4) is 12.1 Å². The number of aliphatic hydroxyl groups is 1. The van der Waals surface area contributed by atoms with Crippen LogP contribution in [0.15, 0.2) is 35.4 Å². The number of nitriles is 2. The van der Waals surface area contributed by atoms with Gasteiger partial charge in [0.1, 0.15) is 39.9 Å². The molecule has 0 aliphatic carbocycles. The van der Waals surface area contributed by atoms with E-state index in [2.05, 4.69) is 22.8 Å². The summed E-state index contributed by atoms with van der Waals surface area (Å²) in [6.07, 6.45) is 0.599. The van der Waals surface area contributed by atoms with E-state index in [4.69, 9.17) is 15.5 Å². The number of thioether (sulfide) groups is 1. The molecule has 1 aliphatic heterocycles. The highest BCUT2D eigenvalue weighted by atomic mass is 32.2. The zero-order valence-electron chi connectivity index (χ0n) is 24.7. The van der Waals surface area contributed by atoms with Crippen LogP contribution in [-0.4, -0.2) is 65.4 Å². The Balaban J connectivity index is 1.80. The summed E-state index contributed by atoms with van der Waals surface area (Å²) in [4.78, 5) is 44.0. The van der Waals surface area contributed by atoms with E-state index in [1.165, 1.54) is 0 Å². The largest absolute Gasteiger partial charge is 0.444 e. The molecule has 0 saturated carbocycles. The Bertz CT molecular complexity index is 1410. The number of nitrogens with two attached hydrogens (primary N) is 1. The number of hydrogen-bond acceptors (Lipinski definition) is 10. The minimum Gasteiger partial charge on any atom is -0.444 e. The monoisotopic (exact) mass is 607 g/mol. The second-order valence-electron chi connectivity index (χ2n) is 11.0. The van der Waals surface area contributed by atoms with Gasteiger partial charge in [-0.1, -0.05) is 49.0 Å². The Labute approximate surface area is 255 Å². The van der Waals surface area contributed by atoms with Crippen LogP contribution in [0.4, 0.5) is 10.6 Å². The molecule has 3 rings (SSSR count). The lowest BCUT2D eigenvalue weighted by molar-refractivity contribution is -0.125. The average molecular weight is 608 g/mol. The highest BCUT2D eigenvalue weighted by molar-refractivity contribution is 8.00. The molecule has 2 atom stereocenters. The lowest BCUT2D eigenvalue weighted by Crippen LogP contribution is -2.54. The van der Waals surface area contributed by atoms with E-state index in [-0.39, 0.29) is 11.6 Å². The molecule has 1 aromatic heterocycles. The van der Waals surface area contributed by atoms with Crippen LogP contribution in [0.25, 0.3) is 0 Å². The van der Waals surface area contributed by atoms with Gasteiger partial charge in [-0.15, -0.1) is 0 Å². The van der Waals surface area contributed by atoms with E-state index >= 15 is 0 Å². The van der Waals surface area contributed by atoms with Crippen molar-refractivity contribution in [1.29, 1.82) is 10.5 Å². The molecule has 1 fully saturated rings. The molecule has 228 valence electrons. The van der Waals surface area contributed by atoms with E-state index in [0.717, 1.165) is 11.8 Å². The molecule has 2 aromatic rings. The van der Waals surface area contributed by atoms with Gasteiger partial charge in [0.25, 0.3) is 0 Å². The quantitative estimate of drug-likeness (QED) is 0.292. The van der Waals surface area contributed by atoms with Gasteiger partial charge in [-0.05, 0) is 51.2 Å². The number of amides is 3. The number of aromatic nitrogens is 1. The van der Waals surface area contributed by atoms with Gasteiger partial charge in [0.15, 0.2) is 0 Å². The fourth-order valence-corrected chi connectivity index (χ4v) is 5.77. The Morgan fingerprint density at radius 2 is 1.79 bits per heavy atom. The van der Waals surface area contributed by atoms with Crippen LogP contribution >= 0.6 is 11.8 Å². The van der Waals surface area contributed by atoms with Gasteiger partial charge in [-0.3, -0.25) is 9.59 Å². The van der Waals surface area contributed by atoms with Crippen molar-refractivity contribution in [3.63, 3.8) is 0 Å². The first-order valence-electron chi connectivity index (χ1n) is 14.0. The van der Waals surface area contributed by atoms with Crippen LogP contribution in [0, 0.1) is 22.7 Å². The molecule has 12 nitrogen and oxygen atoms in total. The highest BCUT2D eigenvalue weighted by Crippen LogP contribution is 2.39. The molecule has 43 heavy (non-hydrogen) atoms. The molecule has 3 amide bonds. The van der Waals surface area contributed by atoms with Crippen molar-refractivity contribution in [2.45, 2.75) is 74.9 Å². The minimum absolute atomic E-state index is 0.240. The minimum atomic E-state index is -1.17. The summed E-state index contributed by atoms with van der Waals surface area (Å²) in [6.45, 7) is 7.21. The number of aliphatic hydroxyl groups excluding tert-OH is 1.